The fourth-order valence-electron chi connectivity index (χ4n) is 1.54. The largest absolute Gasteiger partial charge is 0.396 e. The molecule has 3 heteroatoms. The minimum Gasteiger partial charge on any atom is -0.396 e. The molecule has 0 aromatic carbocycles. The van der Waals surface area contributed by atoms with Crippen LogP contribution in [0.4, 0.5) is 0 Å². The van der Waals surface area contributed by atoms with Gasteiger partial charge in [-0.3, -0.25) is 0 Å². The maximum atomic E-state index is 8.88. The Morgan fingerprint density at radius 1 is 1.50 bits per heavy atom. The van der Waals surface area contributed by atoms with Crippen LogP contribution in [0.15, 0.2) is 0 Å². The van der Waals surface area contributed by atoms with Crippen LogP contribution in [0.1, 0.15) is 39.0 Å². The molecule has 14 heavy (non-hydrogen) atoms. The molecule has 0 amide bonds. The van der Waals surface area contributed by atoms with E-state index >= 15 is 0 Å². The molecular formula is C11H23NO2. The summed E-state index contributed by atoms with van der Waals surface area (Å²) >= 11 is 0. The van der Waals surface area contributed by atoms with Gasteiger partial charge in [-0.2, -0.15) is 0 Å². The van der Waals surface area contributed by atoms with Crippen LogP contribution < -0.4 is 5.32 Å². The lowest BCUT2D eigenvalue weighted by Crippen LogP contribution is -2.37. The van der Waals surface area contributed by atoms with Crippen LogP contribution in [0.5, 0.6) is 0 Å². The topological polar surface area (TPSA) is 41.5 Å². The third-order valence-corrected chi connectivity index (χ3v) is 2.75. The first-order valence-electron chi connectivity index (χ1n) is 5.82. The van der Waals surface area contributed by atoms with Gasteiger partial charge < -0.3 is 15.2 Å². The second-order valence-corrected chi connectivity index (χ2v) is 4.05. The summed E-state index contributed by atoms with van der Waals surface area (Å²) < 4.78 is 5.72. The second-order valence-electron chi connectivity index (χ2n) is 4.05. The Hall–Kier alpha value is -0.120. The normalized spacial score (nSPS) is 19.3. The average molecular weight is 201 g/mol. The third-order valence-electron chi connectivity index (χ3n) is 2.75. The molecule has 1 saturated carbocycles. The summed E-state index contributed by atoms with van der Waals surface area (Å²) in [5.41, 5.74) is 0. The van der Waals surface area contributed by atoms with E-state index in [-0.39, 0.29) is 6.61 Å². The van der Waals surface area contributed by atoms with Gasteiger partial charge in [0.25, 0.3) is 0 Å². The Morgan fingerprint density at radius 2 is 2.29 bits per heavy atom. The van der Waals surface area contributed by atoms with Crippen LogP contribution in [-0.2, 0) is 4.74 Å². The molecule has 0 aliphatic heterocycles. The van der Waals surface area contributed by atoms with E-state index in [4.69, 9.17) is 9.84 Å². The van der Waals surface area contributed by atoms with Crippen molar-refractivity contribution < 1.29 is 9.84 Å². The van der Waals surface area contributed by atoms with E-state index in [1.807, 2.05) is 0 Å². The molecule has 2 N–H and O–H groups in total. The van der Waals surface area contributed by atoms with Gasteiger partial charge in [-0.25, -0.2) is 0 Å². The zero-order valence-electron chi connectivity index (χ0n) is 9.17. The Morgan fingerprint density at radius 3 is 2.79 bits per heavy atom. The highest BCUT2D eigenvalue weighted by molar-refractivity contribution is 4.72. The molecule has 1 rings (SSSR count). The molecule has 0 heterocycles. The molecule has 1 atom stereocenters. The zero-order chi connectivity index (χ0) is 10.2. The van der Waals surface area contributed by atoms with Gasteiger partial charge in [0.05, 0.1) is 12.7 Å². The van der Waals surface area contributed by atoms with Crippen LogP contribution in [0.25, 0.3) is 0 Å². The first-order chi connectivity index (χ1) is 6.86. The van der Waals surface area contributed by atoms with Crippen molar-refractivity contribution in [3.8, 4) is 0 Å². The summed E-state index contributed by atoms with van der Waals surface area (Å²) in [6.07, 6.45) is 6.19. The van der Waals surface area contributed by atoms with Crippen LogP contribution in [-0.4, -0.2) is 37.0 Å². The number of rotatable bonds is 8. The molecule has 0 spiro atoms. The minimum absolute atomic E-state index is 0.245. The van der Waals surface area contributed by atoms with Crippen molar-refractivity contribution in [2.24, 2.45) is 0 Å². The van der Waals surface area contributed by atoms with Gasteiger partial charge in [-0.05, 0) is 38.6 Å². The highest BCUT2D eigenvalue weighted by Crippen LogP contribution is 2.21. The lowest BCUT2D eigenvalue weighted by molar-refractivity contribution is -0.0110. The van der Waals surface area contributed by atoms with E-state index in [9.17, 15) is 0 Å². The van der Waals surface area contributed by atoms with Crippen LogP contribution >= 0.6 is 0 Å². The van der Waals surface area contributed by atoms with E-state index in [1.165, 1.54) is 19.3 Å². The fraction of sp³-hybridized carbons (Fsp3) is 1.00. The molecule has 3 nitrogen and oxygen atoms in total. The van der Waals surface area contributed by atoms with Crippen molar-refractivity contribution in [1.29, 1.82) is 0 Å². The lowest BCUT2D eigenvalue weighted by Gasteiger charge is -2.28. The van der Waals surface area contributed by atoms with Crippen molar-refractivity contribution in [3.63, 3.8) is 0 Å². The van der Waals surface area contributed by atoms with E-state index in [2.05, 4.69) is 12.2 Å². The summed E-state index contributed by atoms with van der Waals surface area (Å²) in [6.45, 7) is 4.16. The quantitative estimate of drug-likeness (QED) is 0.622. The van der Waals surface area contributed by atoms with Crippen LogP contribution in [0, 0.1) is 0 Å². The Balaban J connectivity index is 2.06. The maximum Gasteiger partial charge on any atom is 0.0624 e. The molecule has 0 radical (unpaired) electrons. The monoisotopic (exact) mass is 201 g/mol. The van der Waals surface area contributed by atoms with Crippen molar-refractivity contribution in [2.45, 2.75) is 51.2 Å². The van der Waals surface area contributed by atoms with Gasteiger partial charge in [-0.15, -0.1) is 0 Å². The Kier molecular flexibility index (Phi) is 6.15. The number of ether oxygens (including phenoxy) is 1. The molecule has 0 saturated heterocycles. The predicted molar refractivity (Wildman–Crippen MR) is 57.4 cm³/mol. The van der Waals surface area contributed by atoms with Gasteiger partial charge >= 0.3 is 0 Å². The first kappa shape index (κ1) is 12.0. The lowest BCUT2D eigenvalue weighted by atomic mass is 9.96. The first-order valence-corrected chi connectivity index (χ1v) is 5.82. The molecule has 84 valence electrons. The van der Waals surface area contributed by atoms with Crippen molar-refractivity contribution >= 4 is 0 Å². The molecule has 1 unspecified atom stereocenters. The van der Waals surface area contributed by atoms with Crippen LogP contribution in [0.2, 0.25) is 0 Å². The van der Waals surface area contributed by atoms with E-state index in [0.717, 1.165) is 26.0 Å². The van der Waals surface area contributed by atoms with Gasteiger partial charge in [0.2, 0.25) is 0 Å². The Labute approximate surface area is 86.8 Å². The maximum absolute atomic E-state index is 8.88. The number of hydrogen-bond acceptors (Lipinski definition) is 3. The Bertz CT molecular complexity index is 137. The molecule has 0 aromatic rings. The zero-order valence-corrected chi connectivity index (χ0v) is 9.17. The number of aliphatic hydroxyl groups excluding tert-OH is 1. The average Bonchev–Trinajstić information content (AvgIpc) is 2.11. The summed E-state index contributed by atoms with van der Waals surface area (Å²) in [4.78, 5) is 0. The highest BCUT2D eigenvalue weighted by Gasteiger charge is 2.19. The van der Waals surface area contributed by atoms with Gasteiger partial charge in [0.15, 0.2) is 0 Å². The number of nitrogens with one attached hydrogen (secondary N) is 1. The number of aliphatic hydroxyl groups is 1. The second kappa shape index (κ2) is 7.21. The molecular weight excluding hydrogens is 178 g/mol. The van der Waals surface area contributed by atoms with Crippen LogP contribution in [0.3, 0.4) is 0 Å². The van der Waals surface area contributed by atoms with E-state index in [0.29, 0.717) is 12.1 Å². The van der Waals surface area contributed by atoms with Gasteiger partial charge in [0.1, 0.15) is 0 Å². The van der Waals surface area contributed by atoms with Gasteiger partial charge in [-0.1, -0.05) is 6.92 Å². The predicted octanol–water partition coefficient (Wildman–Crippen LogP) is 1.31. The third kappa shape index (κ3) is 4.40. The molecule has 1 aliphatic rings. The fourth-order valence-corrected chi connectivity index (χ4v) is 1.54. The molecule has 1 fully saturated rings. The minimum atomic E-state index is 0.245. The SMILES string of the molecule is CCCNC(CCO)COC1CCC1. The summed E-state index contributed by atoms with van der Waals surface area (Å²) in [7, 11) is 0. The standard InChI is InChI=1S/C11H23NO2/c1-2-7-12-10(6-8-13)9-14-11-4-3-5-11/h10-13H,2-9H2,1H3. The molecule has 1 aliphatic carbocycles. The smallest absolute Gasteiger partial charge is 0.0624 e. The van der Waals surface area contributed by atoms with Crippen molar-refractivity contribution in [1.82, 2.24) is 5.32 Å². The van der Waals surface area contributed by atoms with E-state index in [1.54, 1.807) is 0 Å². The van der Waals surface area contributed by atoms with Gasteiger partial charge in [0, 0.05) is 12.6 Å². The van der Waals surface area contributed by atoms with Crippen molar-refractivity contribution in [2.75, 3.05) is 19.8 Å². The summed E-state index contributed by atoms with van der Waals surface area (Å²) in [6, 6.07) is 0.334. The van der Waals surface area contributed by atoms with Crippen molar-refractivity contribution in [3.05, 3.63) is 0 Å². The summed E-state index contributed by atoms with van der Waals surface area (Å²) in [5, 5.41) is 12.3. The number of hydrogen-bond donors (Lipinski definition) is 2. The molecule has 0 bridgehead atoms. The molecule has 0 aromatic heterocycles. The highest BCUT2D eigenvalue weighted by atomic mass is 16.5. The summed E-state index contributed by atoms with van der Waals surface area (Å²) in [5.74, 6) is 0. The van der Waals surface area contributed by atoms with E-state index < -0.39 is 0 Å².